The Morgan fingerprint density at radius 2 is 1.75 bits per heavy atom. The lowest BCUT2D eigenvalue weighted by Gasteiger charge is -2.33. The zero-order valence-electron chi connectivity index (χ0n) is 15.9. The molecule has 1 aromatic rings. The van der Waals surface area contributed by atoms with Gasteiger partial charge in [-0.1, -0.05) is 0 Å². The Hall–Kier alpha value is -2.11. The fourth-order valence-electron chi connectivity index (χ4n) is 2.59. The van der Waals surface area contributed by atoms with E-state index in [2.05, 4.69) is 14.2 Å². The molecule has 1 aromatic heterocycles. The number of aromatic nitrogens is 2. The highest BCUT2D eigenvalue weighted by atomic mass is 32.2. The Labute approximate surface area is 161 Å². The lowest BCUT2D eigenvalue weighted by Crippen LogP contribution is -2.41. The number of ether oxygens (including phenoxy) is 1. The maximum atomic E-state index is 12.5. The van der Waals surface area contributed by atoms with Crippen molar-refractivity contribution in [3.8, 4) is 5.88 Å². The van der Waals surface area contributed by atoms with Gasteiger partial charge < -0.3 is 13.8 Å². The van der Waals surface area contributed by atoms with Crippen molar-refractivity contribution in [2.45, 2.75) is 57.6 Å². The van der Waals surface area contributed by atoms with Crippen LogP contribution in [-0.4, -0.2) is 53.6 Å². The minimum absolute atomic E-state index is 0.177. The summed E-state index contributed by atoms with van der Waals surface area (Å²) >= 11 is 0. The maximum Gasteiger partial charge on any atom is 0.534 e. The van der Waals surface area contributed by atoms with Gasteiger partial charge in [-0.3, -0.25) is 0 Å². The first kappa shape index (κ1) is 22.2. The van der Waals surface area contributed by atoms with Crippen molar-refractivity contribution in [1.29, 1.82) is 0 Å². The van der Waals surface area contributed by atoms with E-state index in [-0.39, 0.29) is 17.4 Å². The number of piperidine rings is 1. The van der Waals surface area contributed by atoms with Gasteiger partial charge in [-0.2, -0.15) is 26.6 Å². The Kier molecular flexibility index (Phi) is 6.12. The summed E-state index contributed by atoms with van der Waals surface area (Å²) in [4.78, 5) is 21.6. The summed E-state index contributed by atoms with van der Waals surface area (Å²) in [7, 11) is -5.81. The Bertz CT molecular complexity index is 829. The van der Waals surface area contributed by atoms with Crippen LogP contribution >= 0.6 is 0 Å². The zero-order chi connectivity index (χ0) is 21.3. The van der Waals surface area contributed by atoms with Gasteiger partial charge in [0, 0.05) is 30.8 Å². The number of carbonyl (C=O) groups excluding carboxylic acids is 1. The van der Waals surface area contributed by atoms with Crippen molar-refractivity contribution in [2.24, 2.45) is 0 Å². The second-order valence-electron chi connectivity index (χ2n) is 7.43. The number of rotatable bonds is 3. The summed E-state index contributed by atoms with van der Waals surface area (Å²) in [5, 5.41) is 0. The quantitative estimate of drug-likeness (QED) is 0.542. The molecular weight excluding hydrogens is 403 g/mol. The summed E-state index contributed by atoms with van der Waals surface area (Å²) < 4.78 is 69.3. The second kappa shape index (κ2) is 7.72. The molecule has 0 aliphatic carbocycles. The second-order valence-corrected chi connectivity index (χ2v) is 8.97. The first-order valence-corrected chi connectivity index (χ1v) is 9.93. The third-order valence-corrected chi connectivity index (χ3v) is 4.80. The fraction of sp³-hybridized carbons (Fsp3) is 0.688. The molecule has 0 unspecified atom stereocenters. The van der Waals surface area contributed by atoms with E-state index in [1.807, 2.05) is 0 Å². The summed E-state index contributed by atoms with van der Waals surface area (Å²) in [6.45, 7) is 7.48. The Morgan fingerprint density at radius 1 is 1.18 bits per heavy atom. The average molecular weight is 425 g/mol. The third-order valence-electron chi connectivity index (χ3n) is 3.84. The molecule has 0 radical (unpaired) electrons. The minimum Gasteiger partial charge on any atom is -0.444 e. The number of hydrogen-bond acceptors (Lipinski definition) is 7. The van der Waals surface area contributed by atoms with Gasteiger partial charge in [0.1, 0.15) is 11.4 Å². The number of nitrogens with zero attached hydrogens (tertiary/aromatic N) is 3. The summed E-state index contributed by atoms with van der Waals surface area (Å²) in [6, 6.07) is 1.02. The van der Waals surface area contributed by atoms with E-state index < -0.39 is 33.2 Å². The van der Waals surface area contributed by atoms with E-state index in [4.69, 9.17) is 4.74 Å². The summed E-state index contributed by atoms with van der Waals surface area (Å²) in [6.07, 6.45) is 0.457. The molecule has 158 valence electrons. The van der Waals surface area contributed by atoms with Crippen LogP contribution in [0.2, 0.25) is 0 Å². The van der Waals surface area contributed by atoms with Gasteiger partial charge in [0.2, 0.25) is 5.88 Å². The van der Waals surface area contributed by atoms with Crippen LogP contribution in [0, 0.1) is 6.92 Å². The third kappa shape index (κ3) is 5.69. The SMILES string of the molecule is Cc1cc(OS(=O)(=O)C(F)(F)F)nc(C2CCN(C(=O)OC(C)(C)C)CC2)n1. The van der Waals surface area contributed by atoms with Crippen molar-refractivity contribution in [3.63, 3.8) is 0 Å². The predicted molar refractivity (Wildman–Crippen MR) is 92.2 cm³/mol. The monoisotopic (exact) mass is 425 g/mol. The summed E-state index contributed by atoms with van der Waals surface area (Å²) in [5.41, 5.74) is -5.90. The minimum atomic E-state index is -5.81. The lowest BCUT2D eigenvalue weighted by atomic mass is 9.96. The van der Waals surface area contributed by atoms with Crippen LogP contribution in [0.3, 0.4) is 0 Å². The molecule has 2 heterocycles. The molecule has 1 fully saturated rings. The first-order chi connectivity index (χ1) is 12.7. The maximum absolute atomic E-state index is 12.5. The Morgan fingerprint density at radius 3 is 2.25 bits per heavy atom. The molecule has 0 N–H and O–H groups in total. The highest BCUT2D eigenvalue weighted by Crippen LogP contribution is 2.30. The molecule has 1 saturated heterocycles. The normalized spacial score (nSPS) is 16.8. The van der Waals surface area contributed by atoms with Crippen LogP contribution in [0.4, 0.5) is 18.0 Å². The molecule has 0 atom stereocenters. The van der Waals surface area contributed by atoms with Crippen molar-refractivity contribution in [1.82, 2.24) is 14.9 Å². The Balaban J connectivity index is 2.09. The molecule has 1 amide bonds. The molecule has 28 heavy (non-hydrogen) atoms. The molecular formula is C16H22F3N3O5S. The smallest absolute Gasteiger partial charge is 0.444 e. The van der Waals surface area contributed by atoms with Gasteiger partial charge in [0.05, 0.1) is 0 Å². The van der Waals surface area contributed by atoms with E-state index in [0.29, 0.717) is 25.9 Å². The number of carbonyl (C=O) groups is 1. The van der Waals surface area contributed by atoms with E-state index >= 15 is 0 Å². The lowest BCUT2D eigenvalue weighted by molar-refractivity contribution is -0.0501. The molecule has 0 bridgehead atoms. The number of amides is 1. The van der Waals surface area contributed by atoms with E-state index in [1.54, 1.807) is 20.8 Å². The molecule has 1 aliphatic rings. The van der Waals surface area contributed by atoms with Crippen LogP contribution in [0.15, 0.2) is 6.07 Å². The first-order valence-electron chi connectivity index (χ1n) is 8.52. The van der Waals surface area contributed by atoms with Gasteiger partial charge in [-0.05, 0) is 40.5 Å². The van der Waals surface area contributed by atoms with Crippen LogP contribution in [0.25, 0.3) is 0 Å². The standard InChI is InChI=1S/C16H22F3N3O5S/c1-10-9-12(27-28(24,25)16(17,18)19)21-13(20-10)11-5-7-22(8-6-11)14(23)26-15(2,3)4/h9,11H,5-8H2,1-4H3. The number of alkyl halides is 3. The van der Waals surface area contributed by atoms with E-state index in [0.717, 1.165) is 6.07 Å². The van der Waals surface area contributed by atoms with Crippen LogP contribution in [-0.2, 0) is 14.9 Å². The molecule has 0 saturated carbocycles. The van der Waals surface area contributed by atoms with Crippen LogP contribution < -0.4 is 4.18 Å². The van der Waals surface area contributed by atoms with E-state index in [1.165, 1.54) is 11.8 Å². The zero-order valence-corrected chi connectivity index (χ0v) is 16.7. The van der Waals surface area contributed by atoms with E-state index in [9.17, 15) is 26.4 Å². The number of likely N-dealkylation sites (tertiary alicyclic amines) is 1. The van der Waals surface area contributed by atoms with Gasteiger partial charge in [-0.25, -0.2) is 9.78 Å². The van der Waals surface area contributed by atoms with Crippen LogP contribution in [0.1, 0.15) is 51.0 Å². The number of halogens is 3. The van der Waals surface area contributed by atoms with Crippen molar-refractivity contribution in [3.05, 3.63) is 17.6 Å². The molecule has 0 spiro atoms. The molecule has 1 aliphatic heterocycles. The topological polar surface area (TPSA) is 98.7 Å². The van der Waals surface area contributed by atoms with Gasteiger partial charge in [0.15, 0.2) is 0 Å². The average Bonchev–Trinajstić information content (AvgIpc) is 2.51. The number of aryl methyl sites for hydroxylation is 1. The highest BCUT2D eigenvalue weighted by molar-refractivity contribution is 7.87. The fourth-order valence-corrected chi connectivity index (χ4v) is 3.00. The van der Waals surface area contributed by atoms with Crippen molar-refractivity contribution in [2.75, 3.05) is 13.1 Å². The van der Waals surface area contributed by atoms with Crippen molar-refractivity contribution >= 4 is 16.2 Å². The van der Waals surface area contributed by atoms with Crippen LogP contribution in [0.5, 0.6) is 5.88 Å². The van der Waals surface area contributed by atoms with Crippen molar-refractivity contribution < 1.29 is 35.3 Å². The molecule has 8 nitrogen and oxygen atoms in total. The molecule has 12 heteroatoms. The van der Waals surface area contributed by atoms with Gasteiger partial charge in [0.25, 0.3) is 0 Å². The number of hydrogen-bond donors (Lipinski definition) is 0. The van der Waals surface area contributed by atoms with Gasteiger partial charge in [-0.15, -0.1) is 0 Å². The van der Waals surface area contributed by atoms with Gasteiger partial charge >= 0.3 is 21.7 Å². The largest absolute Gasteiger partial charge is 0.534 e. The predicted octanol–water partition coefficient (Wildman–Crippen LogP) is 3.13. The summed E-state index contributed by atoms with van der Waals surface area (Å²) in [5.74, 6) is -0.764. The highest BCUT2D eigenvalue weighted by Gasteiger charge is 2.49. The molecule has 2 rings (SSSR count). The molecule has 0 aromatic carbocycles.